The number of nitrogens with two attached hydrogens (primary N) is 1. The van der Waals surface area contributed by atoms with E-state index in [4.69, 9.17) is 5.73 Å². The van der Waals surface area contributed by atoms with Gasteiger partial charge < -0.3 is 15.5 Å². The molecule has 0 spiro atoms. The summed E-state index contributed by atoms with van der Waals surface area (Å²) >= 11 is 0. The van der Waals surface area contributed by atoms with Crippen molar-refractivity contribution in [1.82, 2.24) is 4.90 Å². The smallest absolute Gasteiger partial charge is 0.146 e. The van der Waals surface area contributed by atoms with Crippen LogP contribution in [0.5, 0.6) is 0 Å². The standard InChI is InChI=1S/C17H28FN3/c1-4-14(19)11-13-5-6-17(16(18)12-13)21-9-7-15(8-10-21)20(2)3/h5-6,12,14-15H,4,7-11,19H2,1-3H3. The van der Waals surface area contributed by atoms with Crippen LogP contribution < -0.4 is 10.6 Å². The Hall–Kier alpha value is -1.13. The Morgan fingerprint density at radius 1 is 1.33 bits per heavy atom. The van der Waals surface area contributed by atoms with Gasteiger partial charge in [-0.2, -0.15) is 0 Å². The SMILES string of the molecule is CCC(N)Cc1ccc(N2CCC(N(C)C)CC2)c(F)c1. The van der Waals surface area contributed by atoms with Gasteiger partial charge in [0.25, 0.3) is 0 Å². The maximum Gasteiger partial charge on any atom is 0.146 e. The molecule has 2 N–H and O–H groups in total. The first-order chi connectivity index (χ1) is 10.0. The second-order valence-electron chi connectivity index (χ2n) is 6.34. The van der Waals surface area contributed by atoms with Crippen molar-refractivity contribution in [1.29, 1.82) is 0 Å². The number of benzene rings is 1. The summed E-state index contributed by atoms with van der Waals surface area (Å²) in [5.41, 5.74) is 7.67. The van der Waals surface area contributed by atoms with E-state index in [0.29, 0.717) is 6.04 Å². The Kier molecular flexibility index (Phi) is 5.59. The number of nitrogens with zero attached hydrogens (tertiary/aromatic N) is 2. The molecule has 1 aromatic rings. The topological polar surface area (TPSA) is 32.5 Å². The minimum absolute atomic E-state index is 0.112. The van der Waals surface area contributed by atoms with Crippen molar-refractivity contribution in [3.05, 3.63) is 29.6 Å². The highest BCUT2D eigenvalue weighted by Crippen LogP contribution is 2.25. The molecule has 0 aromatic heterocycles. The van der Waals surface area contributed by atoms with Crippen LogP contribution in [0.15, 0.2) is 18.2 Å². The summed E-state index contributed by atoms with van der Waals surface area (Å²) in [5.74, 6) is -0.112. The minimum atomic E-state index is -0.112. The highest BCUT2D eigenvalue weighted by molar-refractivity contribution is 5.49. The lowest BCUT2D eigenvalue weighted by Crippen LogP contribution is -2.42. The van der Waals surface area contributed by atoms with E-state index >= 15 is 0 Å². The summed E-state index contributed by atoms with van der Waals surface area (Å²) in [6.45, 7) is 3.91. The van der Waals surface area contributed by atoms with Crippen LogP contribution in [-0.4, -0.2) is 44.2 Å². The average Bonchev–Trinajstić information content (AvgIpc) is 2.47. The van der Waals surface area contributed by atoms with E-state index < -0.39 is 0 Å². The molecule has 0 aliphatic carbocycles. The lowest BCUT2D eigenvalue weighted by Gasteiger charge is -2.36. The van der Waals surface area contributed by atoms with Crippen LogP contribution in [-0.2, 0) is 6.42 Å². The molecule has 0 amide bonds. The molecule has 21 heavy (non-hydrogen) atoms. The molecule has 1 heterocycles. The molecular weight excluding hydrogens is 265 g/mol. The highest BCUT2D eigenvalue weighted by atomic mass is 19.1. The van der Waals surface area contributed by atoms with E-state index in [1.54, 1.807) is 6.07 Å². The molecule has 1 atom stereocenters. The maximum atomic E-state index is 14.4. The van der Waals surface area contributed by atoms with Crippen LogP contribution in [0, 0.1) is 5.82 Å². The van der Waals surface area contributed by atoms with E-state index in [0.717, 1.165) is 50.0 Å². The van der Waals surface area contributed by atoms with Crippen LogP contribution in [0.1, 0.15) is 31.7 Å². The Bertz CT molecular complexity index is 453. The fraction of sp³-hybridized carbons (Fsp3) is 0.647. The number of piperidine rings is 1. The third-order valence-corrected chi connectivity index (χ3v) is 4.57. The van der Waals surface area contributed by atoms with Crippen molar-refractivity contribution in [2.75, 3.05) is 32.1 Å². The van der Waals surface area contributed by atoms with Crippen LogP contribution in [0.25, 0.3) is 0 Å². The normalized spacial score (nSPS) is 18.3. The molecule has 1 aliphatic heterocycles. The van der Waals surface area contributed by atoms with Gasteiger partial charge in [-0.15, -0.1) is 0 Å². The largest absolute Gasteiger partial charge is 0.369 e. The summed E-state index contributed by atoms with van der Waals surface area (Å²) < 4.78 is 14.4. The Morgan fingerprint density at radius 3 is 2.52 bits per heavy atom. The molecule has 1 aromatic carbocycles. The fourth-order valence-electron chi connectivity index (χ4n) is 3.00. The van der Waals surface area contributed by atoms with Gasteiger partial charge in [-0.1, -0.05) is 13.0 Å². The molecule has 3 nitrogen and oxygen atoms in total. The van der Waals surface area contributed by atoms with E-state index in [1.165, 1.54) is 0 Å². The van der Waals surface area contributed by atoms with E-state index in [-0.39, 0.29) is 11.9 Å². The molecule has 118 valence electrons. The van der Waals surface area contributed by atoms with Crippen molar-refractivity contribution < 1.29 is 4.39 Å². The van der Waals surface area contributed by atoms with Gasteiger partial charge in [0.1, 0.15) is 5.82 Å². The maximum absolute atomic E-state index is 14.4. The number of halogens is 1. The summed E-state index contributed by atoms with van der Waals surface area (Å²) in [6.07, 6.45) is 3.85. The molecule has 1 saturated heterocycles. The van der Waals surface area contributed by atoms with Crippen LogP contribution in [0.3, 0.4) is 0 Å². The molecular formula is C17H28FN3. The average molecular weight is 293 g/mol. The first-order valence-electron chi connectivity index (χ1n) is 7.96. The lowest BCUT2D eigenvalue weighted by molar-refractivity contribution is 0.249. The number of anilines is 1. The van der Waals surface area contributed by atoms with Crippen molar-refractivity contribution in [3.8, 4) is 0 Å². The monoisotopic (exact) mass is 293 g/mol. The second-order valence-corrected chi connectivity index (χ2v) is 6.34. The van der Waals surface area contributed by atoms with Gasteiger partial charge >= 0.3 is 0 Å². The van der Waals surface area contributed by atoms with Crippen molar-refractivity contribution >= 4 is 5.69 Å². The second kappa shape index (κ2) is 7.23. The Morgan fingerprint density at radius 2 is 2.00 bits per heavy atom. The summed E-state index contributed by atoms with van der Waals surface area (Å²) in [6, 6.07) is 6.33. The first kappa shape index (κ1) is 16.2. The van der Waals surface area contributed by atoms with Crippen molar-refractivity contribution in [2.45, 2.75) is 44.7 Å². The zero-order valence-corrected chi connectivity index (χ0v) is 13.5. The number of hydrogen-bond acceptors (Lipinski definition) is 3. The van der Waals surface area contributed by atoms with Crippen molar-refractivity contribution in [3.63, 3.8) is 0 Å². The van der Waals surface area contributed by atoms with Gasteiger partial charge in [-0.25, -0.2) is 4.39 Å². The Labute approximate surface area is 127 Å². The van der Waals surface area contributed by atoms with Crippen LogP contribution >= 0.6 is 0 Å². The zero-order valence-electron chi connectivity index (χ0n) is 13.5. The highest BCUT2D eigenvalue weighted by Gasteiger charge is 2.22. The van der Waals surface area contributed by atoms with Gasteiger partial charge in [0.05, 0.1) is 5.69 Å². The van der Waals surface area contributed by atoms with E-state index in [9.17, 15) is 4.39 Å². The molecule has 2 rings (SSSR count). The van der Waals surface area contributed by atoms with Gasteiger partial charge in [0.2, 0.25) is 0 Å². The van der Waals surface area contributed by atoms with Gasteiger partial charge in [0.15, 0.2) is 0 Å². The molecule has 1 fully saturated rings. The van der Waals surface area contributed by atoms with Gasteiger partial charge in [-0.05, 0) is 57.5 Å². The van der Waals surface area contributed by atoms with E-state index in [2.05, 4.69) is 30.8 Å². The molecule has 0 bridgehead atoms. The minimum Gasteiger partial charge on any atom is -0.369 e. The summed E-state index contributed by atoms with van der Waals surface area (Å²) in [7, 11) is 4.24. The fourth-order valence-corrected chi connectivity index (χ4v) is 3.00. The van der Waals surface area contributed by atoms with Crippen LogP contribution in [0.2, 0.25) is 0 Å². The molecule has 0 radical (unpaired) electrons. The number of rotatable bonds is 5. The quantitative estimate of drug-likeness (QED) is 0.906. The third kappa shape index (κ3) is 4.17. The third-order valence-electron chi connectivity index (χ3n) is 4.57. The van der Waals surface area contributed by atoms with Gasteiger partial charge in [-0.3, -0.25) is 0 Å². The molecule has 0 saturated carbocycles. The first-order valence-corrected chi connectivity index (χ1v) is 7.96. The summed E-state index contributed by atoms with van der Waals surface area (Å²) in [5, 5.41) is 0. The van der Waals surface area contributed by atoms with E-state index in [1.807, 2.05) is 12.1 Å². The molecule has 1 unspecified atom stereocenters. The zero-order chi connectivity index (χ0) is 15.4. The predicted molar refractivity (Wildman–Crippen MR) is 87.3 cm³/mol. The Balaban J connectivity index is 2.01. The van der Waals surface area contributed by atoms with Gasteiger partial charge in [0, 0.05) is 25.2 Å². The molecule has 4 heteroatoms. The lowest BCUT2D eigenvalue weighted by atomic mass is 10.0. The van der Waals surface area contributed by atoms with Crippen LogP contribution in [0.4, 0.5) is 10.1 Å². The number of hydrogen-bond donors (Lipinski definition) is 1. The summed E-state index contributed by atoms with van der Waals surface area (Å²) in [4.78, 5) is 4.43. The predicted octanol–water partition coefficient (Wildman–Crippen LogP) is 2.64. The van der Waals surface area contributed by atoms with Crippen molar-refractivity contribution in [2.24, 2.45) is 5.73 Å². The molecule has 1 aliphatic rings.